The van der Waals surface area contributed by atoms with E-state index in [1.54, 1.807) is 0 Å². The second kappa shape index (κ2) is 4.85. The Morgan fingerprint density at radius 2 is 1.46 bits per heavy atom. The van der Waals surface area contributed by atoms with Gasteiger partial charge in [0, 0.05) is 39.6 Å². The van der Waals surface area contributed by atoms with Crippen LogP contribution in [0.1, 0.15) is 13.8 Å². The molecule has 1 aliphatic rings. The second-order valence-corrected chi connectivity index (χ2v) is 3.89. The first-order chi connectivity index (χ1) is 5.54. The quantitative estimate of drug-likeness (QED) is 0.700. The van der Waals surface area contributed by atoms with Gasteiger partial charge in [0.1, 0.15) is 0 Å². The molecule has 0 aliphatic carbocycles. The van der Waals surface area contributed by atoms with E-state index >= 15 is 0 Å². The van der Waals surface area contributed by atoms with Gasteiger partial charge in [-0.25, -0.2) is 0 Å². The zero-order chi connectivity index (χ0) is 9.24. The molecule has 1 aliphatic heterocycles. The Kier molecular flexibility index (Phi) is 5.05. The Morgan fingerprint density at radius 1 is 1.08 bits per heavy atom. The minimum Gasteiger partial charge on any atom is -0.350 e. The van der Waals surface area contributed by atoms with Gasteiger partial charge in [-0.3, -0.25) is 0 Å². The van der Waals surface area contributed by atoms with Crippen molar-refractivity contribution in [2.24, 2.45) is 16.9 Å². The van der Waals surface area contributed by atoms with Gasteiger partial charge in [-0.15, -0.1) is 0 Å². The normalized spacial score (nSPS) is 24.9. The molecule has 1 fully saturated rings. The first-order valence-corrected chi connectivity index (χ1v) is 4.22. The summed E-state index contributed by atoms with van der Waals surface area (Å²) < 4.78 is 11.0. The largest absolute Gasteiger partial charge is 0.350 e. The van der Waals surface area contributed by atoms with E-state index in [9.17, 15) is 0 Å². The van der Waals surface area contributed by atoms with Crippen molar-refractivity contribution >= 4 is 0 Å². The van der Waals surface area contributed by atoms with Crippen LogP contribution in [0.15, 0.2) is 0 Å². The van der Waals surface area contributed by atoms with Crippen LogP contribution in [0.2, 0.25) is 0 Å². The van der Waals surface area contributed by atoms with Crippen LogP contribution in [0, 0.1) is 5.41 Å². The van der Waals surface area contributed by atoms with Crippen molar-refractivity contribution < 1.29 is 30.5 Å². The summed E-state index contributed by atoms with van der Waals surface area (Å²) >= 11 is 0. The predicted octanol–water partition coefficient (Wildman–Crippen LogP) is -0.329. The second-order valence-electron chi connectivity index (χ2n) is 3.89. The number of nitrogens with two attached hydrogens (primary N) is 2. The molecule has 0 bridgehead atoms. The molecule has 0 atom stereocenters. The molecule has 1 rings (SSSR count). The average molecular weight is 369 g/mol. The van der Waals surface area contributed by atoms with Crippen LogP contribution in [-0.2, 0) is 30.5 Å². The van der Waals surface area contributed by atoms with Gasteiger partial charge in [0.2, 0.25) is 0 Å². The van der Waals surface area contributed by atoms with E-state index in [2.05, 4.69) is 0 Å². The van der Waals surface area contributed by atoms with Crippen LogP contribution in [-0.4, -0.2) is 32.1 Å². The molecule has 0 radical (unpaired) electrons. The van der Waals surface area contributed by atoms with Gasteiger partial charge in [-0.1, -0.05) is 0 Å². The van der Waals surface area contributed by atoms with E-state index in [1.165, 1.54) is 0 Å². The summed E-state index contributed by atoms with van der Waals surface area (Å²) in [6.45, 7) is 5.99. The van der Waals surface area contributed by atoms with Crippen molar-refractivity contribution in [1.29, 1.82) is 0 Å². The van der Waals surface area contributed by atoms with Crippen molar-refractivity contribution in [2.75, 3.05) is 26.3 Å². The SMILES string of the molecule is CC1(C)OCC(CN)(CN)CO1.[Pt]. The summed E-state index contributed by atoms with van der Waals surface area (Å²) in [5.41, 5.74) is 11.0. The van der Waals surface area contributed by atoms with Gasteiger partial charge < -0.3 is 20.9 Å². The third kappa shape index (κ3) is 3.30. The Balaban J connectivity index is 0.00000144. The third-order valence-electron chi connectivity index (χ3n) is 2.32. The van der Waals surface area contributed by atoms with E-state index in [4.69, 9.17) is 20.9 Å². The molecule has 0 aromatic heterocycles. The number of rotatable bonds is 2. The summed E-state index contributed by atoms with van der Waals surface area (Å²) in [4.78, 5) is 0. The van der Waals surface area contributed by atoms with Crippen molar-refractivity contribution in [3.05, 3.63) is 0 Å². The molecular formula is C8H18N2O2Pt. The fraction of sp³-hybridized carbons (Fsp3) is 1.00. The summed E-state index contributed by atoms with van der Waals surface area (Å²) in [5.74, 6) is -0.478. The number of ether oxygens (including phenoxy) is 2. The molecule has 0 spiro atoms. The molecule has 0 saturated carbocycles. The molecule has 4 nitrogen and oxygen atoms in total. The molecule has 82 valence electrons. The summed E-state index contributed by atoms with van der Waals surface area (Å²) in [6.07, 6.45) is 0. The fourth-order valence-electron chi connectivity index (χ4n) is 1.06. The fourth-order valence-corrected chi connectivity index (χ4v) is 1.06. The molecule has 0 unspecified atom stereocenters. The molecule has 5 heteroatoms. The molecule has 13 heavy (non-hydrogen) atoms. The summed E-state index contributed by atoms with van der Waals surface area (Å²) in [5, 5.41) is 0. The third-order valence-corrected chi connectivity index (χ3v) is 2.32. The molecular weight excluding hydrogens is 351 g/mol. The van der Waals surface area contributed by atoms with Crippen LogP contribution >= 0.6 is 0 Å². The van der Waals surface area contributed by atoms with Crippen LogP contribution in [0.25, 0.3) is 0 Å². The van der Waals surface area contributed by atoms with Crippen LogP contribution < -0.4 is 11.5 Å². The standard InChI is InChI=1S/C8H18N2O2.Pt/c1-7(2)11-5-8(3-9,4-10)6-12-7;/h3-6,9-10H2,1-2H3;. The predicted molar refractivity (Wildman–Crippen MR) is 46.5 cm³/mol. The maximum Gasteiger partial charge on any atom is 0.162 e. The van der Waals surface area contributed by atoms with E-state index in [0.29, 0.717) is 26.3 Å². The van der Waals surface area contributed by atoms with Crippen LogP contribution in [0.4, 0.5) is 0 Å². The van der Waals surface area contributed by atoms with Crippen LogP contribution in [0.3, 0.4) is 0 Å². The molecule has 0 amide bonds. The molecule has 4 N–H and O–H groups in total. The summed E-state index contributed by atoms with van der Waals surface area (Å²) in [7, 11) is 0. The molecule has 0 aromatic carbocycles. The van der Waals surface area contributed by atoms with E-state index in [1.807, 2.05) is 13.8 Å². The topological polar surface area (TPSA) is 70.5 Å². The zero-order valence-electron chi connectivity index (χ0n) is 8.12. The van der Waals surface area contributed by atoms with Crippen molar-refractivity contribution in [3.63, 3.8) is 0 Å². The minimum absolute atomic E-state index is 0. The first kappa shape index (κ1) is 13.5. The first-order valence-electron chi connectivity index (χ1n) is 4.22. The van der Waals surface area contributed by atoms with Gasteiger partial charge in [0.15, 0.2) is 5.79 Å². The van der Waals surface area contributed by atoms with Gasteiger partial charge >= 0.3 is 0 Å². The van der Waals surface area contributed by atoms with Crippen LogP contribution in [0.5, 0.6) is 0 Å². The Labute approximate surface area is 93.6 Å². The smallest absolute Gasteiger partial charge is 0.162 e. The van der Waals surface area contributed by atoms with E-state index < -0.39 is 5.79 Å². The van der Waals surface area contributed by atoms with Gasteiger partial charge in [-0.2, -0.15) is 0 Å². The number of hydrogen-bond acceptors (Lipinski definition) is 4. The maximum atomic E-state index is 5.60. The Bertz CT molecular complexity index is 148. The average Bonchev–Trinajstić information content (AvgIpc) is 2.06. The summed E-state index contributed by atoms with van der Waals surface area (Å²) in [6, 6.07) is 0. The number of hydrogen-bond donors (Lipinski definition) is 2. The Hall–Kier alpha value is 0.528. The Morgan fingerprint density at radius 3 is 1.77 bits per heavy atom. The molecule has 1 heterocycles. The van der Waals surface area contributed by atoms with E-state index in [0.717, 1.165) is 0 Å². The maximum absolute atomic E-state index is 5.60. The van der Waals surface area contributed by atoms with Gasteiger partial charge in [0.25, 0.3) is 0 Å². The van der Waals surface area contributed by atoms with E-state index in [-0.39, 0.29) is 26.5 Å². The molecule has 1 saturated heterocycles. The molecule has 0 aromatic rings. The van der Waals surface area contributed by atoms with Gasteiger partial charge in [-0.05, 0) is 13.8 Å². The monoisotopic (exact) mass is 369 g/mol. The van der Waals surface area contributed by atoms with Crippen molar-refractivity contribution in [1.82, 2.24) is 0 Å². The zero-order valence-corrected chi connectivity index (χ0v) is 10.4. The van der Waals surface area contributed by atoms with Crippen molar-refractivity contribution in [2.45, 2.75) is 19.6 Å². The minimum atomic E-state index is -0.478. The van der Waals surface area contributed by atoms with Gasteiger partial charge in [0.05, 0.1) is 13.2 Å². The van der Waals surface area contributed by atoms with Crippen molar-refractivity contribution in [3.8, 4) is 0 Å².